The van der Waals surface area contributed by atoms with Crippen molar-refractivity contribution in [1.82, 2.24) is 4.90 Å². The molecule has 0 spiro atoms. The van der Waals surface area contributed by atoms with Crippen molar-refractivity contribution >= 4 is 5.97 Å². The Morgan fingerprint density at radius 3 is 2.15 bits per heavy atom. The molecular weight excluding hydrogens is 275 g/mol. The van der Waals surface area contributed by atoms with Crippen molar-refractivity contribution in [3.8, 4) is 0 Å². The van der Waals surface area contributed by atoms with Crippen LogP contribution >= 0.6 is 0 Å². The number of hydrogen-bond acceptors (Lipinski definition) is 3. The fourth-order valence-electron chi connectivity index (χ4n) is 1.80. The molecule has 7 heteroatoms. The molecule has 0 unspecified atom stereocenters. The molecule has 20 heavy (non-hydrogen) atoms. The van der Waals surface area contributed by atoms with Crippen molar-refractivity contribution in [2.75, 3.05) is 19.7 Å². The highest BCUT2D eigenvalue weighted by molar-refractivity contribution is 5.70. The highest BCUT2D eigenvalue weighted by Crippen LogP contribution is 2.18. The first-order valence-corrected chi connectivity index (χ1v) is 6.00. The number of benzene rings is 1. The van der Waals surface area contributed by atoms with Gasteiger partial charge in [0.05, 0.1) is 19.6 Å². The molecule has 0 saturated carbocycles. The first-order chi connectivity index (χ1) is 9.30. The van der Waals surface area contributed by atoms with Crippen LogP contribution in [0.2, 0.25) is 0 Å². The fourth-order valence-corrected chi connectivity index (χ4v) is 1.80. The van der Waals surface area contributed by atoms with E-state index >= 15 is 0 Å². The van der Waals surface area contributed by atoms with Gasteiger partial charge in [0.15, 0.2) is 0 Å². The lowest BCUT2D eigenvalue weighted by Crippen LogP contribution is -2.35. The number of halogens is 3. The predicted molar refractivity (Wildman–Crippen MR) is 66.2 cm³/mol. The molecule has 0 heterocycles. The van der Waals surface area contributed by atoms with E-state index in [-0.39, 0.29) is 26.1 Å². The minimum Gasteiger partial charge on any atom is -0.481 e. The maximum absolute atomic E-state index is 12.4. The van der Waals surface area contributed by atoms with Crippen LogP contribution in [0.3, 0.4) is 0 Å². The molecule has 2 N–H and O–H groups in total. The molecule has 0 fully saturated rings. The summed E-state index contributed by atoms with van der Waals surface area (Å²) in [6, 6.07) is 6.35. The lowest BCUT2D eigenvalue weighted by Gasteiger charge is -2.22. The van der Waals surface area contributed by atoms with Crippen LogP contribution in [0.5, 0.6) is 0 Å². The van der Waals surface area contributed by atoms with Gasteiger partial charge >= 0.3 is 12.1 Å². The minimum atomic E-state index is -4.32. The second-order valence-corrected chi connectivity index (χ2v) is 4.44. The van der Waals surface area contributed by atoms with Crippen LogP contribution in [0.4, 0.5) is 13.2 Å². The van der Waals surface area contributed by atoms with Gasteiger partial charge in [0.2, 0.25) is 0 Å². The third-order valence-electron chi connectivity index (χ3n) is 2.60. The van der Waals surface area contributed by atoms with E-state index in [4.69, 9.17) is 10.2 Å². The molecule has 0 amide bonds. The third kappa shape index (κ3) is 6.53. The molecule has 0 atom stereocenters. The summed E-state index contributed by atoms with van der Waals surface area (Å²) in [6.45, 7) is -1.47. The molecule has 0 aromatic heterocycles. The van der Waals surface area contributed by atoms with Crippen molar-refractivity contribution in [1.29, 1.82) is 0 Å². The number of aliphatic carboxylic acids is 1. The Morgan fingerprint density at radius 2 is 1.70 bits per heavy atom. The van der Waals surface area contributed by atoms with Gasteiger partial charge in [-0.15, -0.1) is 0 Å². The van der Waals surface area contributed by atoms with Gasteiger partial charge in [-0.25, -0.2) is 0 Å². The highest BCUT2D eigenvalue weighted by Gasteiger charge is 2.30. The summed E-state index contributed by atoms with van der Waals surface area (Å²) < 4.78 is 37.1. The van der Waals surface area contributed by atoms with Gasteiger partial charge in [0.1, 0.15) is 0 Å². The van der Waals surface area contributed by atoms with E-state index in [2.05, 4.69) is 0 Å². The summed E-state index contributed by atoms with van der Waals surface area (Å²) in [5, 5.41) is 17.4. The number of nitrogens with zero attached hydrogens (tertiary/aromatic N) is 1. The van der Waals surface area contributed by atoms with Crippen LogP contribution in [0.25, 0.3) is 0 Å². The molecule has 112 valence electrons. The van der Waals surface area contributed by atoms with Gasteiger partial charge in [-0.1, -0.05) is 24.3 Å². The van der Waals surface area contributed by atoms with E-state index in [1.165, 1.54) is 0 Å². The van der Waals surface area contributed by atoms with E-state index in [1.54, 1.807) is 24.3 Å². The van der Waals surface area contributed by atoms with Gasteiger partial charge in [-0.3, -0.25) is 9.69 Å². The van der Waals surface area contributed by atoms with Crippen molar-refractivity contribution in [2.45, 2.75) is 19.1 Å². The van der Waals surface area contributed by atoms with Crippen LogP contribution in [-0.4, -0.2) is 47.0 Å². The summed E-state index contributed by atoms with van der Waals surface area (Å²) in [5.74, 6) is -0.961. The molecule has 0 saturated heterocycles. The largest absolute Gasteiger partial charge is 0.481 e. The maximum atomic E-state index is 12.4. The summed E-state index contributed by atoms with van der Waals surface area (Å²) >= 11 is 0. The number of rotatable bonds is 7. The molecule has 0 aliphatic rings. The molecular formula is C13H16F3NO3. The first-order valence-electron chi connectivity index (χ1n) is 6.00. The molecule has 4 nitrogen and oxygen atoms in total. The number of aliphatic hydroxyl groups is 1. The van der Waals surface area contributed by atoms with Crippen LogP contribution in [0.1, 0.15) is 11.1 Å². The average molecular weight is 291 g/mol. The Kier molecular flexibility index (Phi) is 5.97. The number of aliphatic hydroxyl groups excluding tert-OH is 1. The number of carboxylic acid groups (broad SMARTS) is 1. The minimum absolute atomic E-state index is 0.0490. The number of alkyl halides is 3. The highest BCUT2D eigenvalue weighted by atomic mass is 19.4. The quantitative estimate of drug-likeness (QED) is 0.802. The lowest BCUT2D eigenvalue weighted by atomic mass is 10.1. The van der Waals surface area contributed by atoms with Crippen LogP contribution < -0.4 is 0 Å². The number of carbonyl (C=O) groups is 1. The predicted octanol–water partition coefficient (Wildman–Crippen LogP) is 1.67. The smallest absolute Gasteiger partial charge is 0.401 e. The van der Waals surface area contributed by atoms with Crippen molar-refractivity contribution in [3.63, 3.8) is 0 Å². The molecule has 0 bridgehead atoms. The first kappa shape index (κ1) is 16.5. The zero-order chi connectivity index (χ0) is 15.2. The van der Waals surface area contributed by atoms with Crippen molar-refractivity contribution < 1.29 is 28.2 Å². The number of carboxylic acids is 1. The zero-order valence-corrected chi connectivity index (χ0v) is 10.7. The Balaban J connectivity index is 2.66. The standard InChI is InChI=1S/C13H16F3NO3/c14-13(15,16)9-17(5-6-18)8-11-3-1-10(2-4-11)7-12(19)20/h1-4,18H,5-9H2,(H,19,20). The zero-order valence-electron chi connectivity index (χ0n) is 10.7. The normalized spacial score (nSPS) is 11.8. The van der Waals surface area contributed by atoms with Crippen LogP contribution in [0, 0.1) is 0 Å². The van der Waals surface area contributed by atoms with Crippen molar-refractivity contribution in [2.24, 2.45) is 0 Å². The van der Waals surface area contributed by atoms with E-state index in [1.807, 2.05) is 0 Å². The SMILES string of the molecule is O=C(O)Cc1ccc(CN(CCO)CC(F)(F)F)cc1. The summed E-state index contributed by atoms with van der Waals surface area (Å²) in [5.41, 5.74) is 1.22. The molecule has 0 radical (unpaired) electrons. The van der Waals surface area contributed by atoms with Gasteiger partial charge in [0, 0.05) is 13.1 Å². The molecule has 1 rings (SSSR count). The van der Waals surface area contributed by atoms with Crippen molar-refractivity contribution in [3.05, 3.63) is 35.4 Å². The molecule has 1 aromatic carbocycles. The molecule has 1 aromatic rings. The molecule has 0 aliphatic heterocycles. The van der Waals surface area contributed by atoms with E-state index in [9.17, 15) is 18.0 Å². The fraction of sp³-hybridized carbons (Fsp3) is 0.462. The van der Waals surface area contributed by atoms with E-state index < -0.39 is 18.7 Å². The lowest BCUT2D eigenvalue weighted by molar-refractivity contribution is -0.148. The summed E-state index contributed by atoms with van der Waals surface area (Å²) in [4.78, 5) is 11.6. The molecule has 0 aliphatic carbocycles. The Hall–Kier alpha value is -1.60. The Bertz CT molecular complexity index is 431. The van der Waals surface area contributed by atoms with Gasteiger partial charge in [-0.2, -0.15) is 13.2 Å². The maximum Gasteiger partial charge on any atom is 0.401 e. The second kappa shape index (κ2) is 7.25. The third-order valence-corrected chi connectivity index (χ3v) is 2.60. The summed E-state index contributed by atoms with van der Waals surface area (Å²) in [6.07, 6.45) is -4.44. The average Bonchev–Trinajstić information content (AvgIpc) is 2.29. The van der Waals surface area contributed by atoms with E-state index in [0.29, 0.717) is 11.1 Å². The topological polar surface area (TPSA) is 60.8 Å². The monoisotopic (exact) mass is 291 g/mol. The second-order valence-electron chi connectivity index (χ2n) is 4.44. The van der Waals surface area contributed by atoms with Gasteiger partial charge in [-0.05, 0) is 11.1 Å². The van der Waals surface area contributed by atoms with Crippen LogP contribution in [0.15, 0.2) is 24.3 Å². The summed E-state index contributed by atoms with van der Waals surface area (Å²) in [7, 11) is 0. The van der Waals surface area contributed by atoms with Gasteiger partial charge < -0.3 is 10.2 Å². The number of hydrogen-bond donors (Lipinski definition) is 2. The van der Waals surface area contributed by atoms with E-state index in [0.717, 1.165) is 4.90 Å². The van der Waals surface area contributed by atoms with Crippen LogP contribution in [-0.2, 0) is 17.8 Å². The van der Waals surface area contributed by atoms with Gasteiger partial charge in [0.25, 0.3) is 0 Å². The Morgan fingerprint density at radius 1 is 1.15 bits per heavy atom. The Labute approximate surface area is 114 Å².